The molecule has 0 saturated carbocycles. The standard InChI is InChI=1S/C10H16F6N2/c1-8(5-9(11,12)13)6-17(2)3-4-18(8)7-10(14,15)16/h3-7H2,1-2H3. The quantitative estimate of drug-likeness (QED) is 0.716. The molecule has 1 unspecified atom stereocenters. The smallest absolute Gasteiger partial charge is 0.303 e. The molecule has 1 aliphatic heterocycles. The highest BCUT2D eigenvalue weighted by Gasteiger charge is 2.48. The fourth-order valence-corrected chi connectivity index (χ4v) is 2.41. The van der Waals surface area contributed by atoms with E-state index in [2.05, 4.69) is 0 Å². The maximum atomic E-state index is 12.5. The first-order chi connectivity index (χ1) is 7.91. The minimum atomic E-state index is -4.48. The number of likely N-dealkylation sites (N-methyl/N-ethyl adjacent to an activating group) is 1. The van der Waals surface area contributed by atoms with E-state index < -0.39 is 30.9 Å². The molecule has 0 aromatic carbocycles. The van der Waals surface area contributed by atoms with Crippen LogP contribution in [0.15, 0.2) is 0 Å². The van der Waals surface area contributed by atoms with E-state index in [1.807, 2.05) is 0 Å². The maximum absolute atomic E-state index is 12.5. The van der Waals surface area contributed by atoms with Crippen LogP contribution in [-0.2, 0) is 0 Å². The molecule has 1 fully saturated rings. The second-order valence-electron chi connectivity index (χ2n) is 5.06. The minimum Gasteiger partial charge on any atom is -0.303 e. The number of rotatable bonds is 2. The lowest BCUT2D eigenvalue weighted by Gasteiger charge is -2.48. The molecule has 0 amide bonds. The monoisotopic (exact) mass is 278 g/mol. The Kier molecular flexibility index (Phi) is 4.22. The summed E-state index contributed by atoms with van der Waals surface area (Å²) in [5, 5.41) is 0. The van der Waals surface area contributed by atoms with E-state index in [1.165, 1.54) is 6.92 Å². The van der Waals surface area contributed by atoms with E-state index in [0.717, 1.165) is 4.90 Å². The van der Waals surface area contributed by atoms with Crippen LogP contribution in [0.5, 0.6) is 0 Å². The van der Waals surface area contributed by atoms with Crippen molar-refractivity contribution in [1.29, 1.82) is 0 Å². The van der Waals surface area contributed by atoms with Gasteiger partial charge in [-0.25, -0.2) is 0 Å². The van der Waals surface area contributed by atoms with E-state index in [1.54, 1.807) is 11.9 Å². The molecule has 0 aliphatic carbocycles. The number of hydrogen-bond donors (Lipinski definition) is 0. The Bertz CT molecular complexity index is 287. The average Bonchev–Trinajstić information content (AvgIpc) is 2.04. The van der Waals surface area contributed by atoms with E-state index in [0.29, 0.717) is 6.54 Å². The van der Waals surface area contributed by atoms with Crippen molar-refractivity contribution in [3.63, 3.8) is 0 Å². The van der Waals surface area contributed by atoms with Crippen LogP contribution in [-0.4, -0.2) is 60.9 Å². The summed E-state index contributed by atoms with van der Waals surface area (Å²) in [4.78, 5) is 2.51. The molecule has 1 rings (SSSR count). The molecule has 0 bridgehead atoms. The highest BCUT2D eigenvalue weighted by Crippen LogP contribution is 2.35. The highest BCUT2D eigenvalue weighted by atomic mass is 19.4. The van der Waals surface area contributed by atoms with Gasteiger partial charge in [-0.2, -0.15) is 26.3 Å². The molecule has 0 radical (unpaired) electrons. The number of hydrogen-bond acceptors (Lipinski definition) is 2. The van der Waals surface area contributed by atoms with Gasteiger partial charge in [-0.3, -0.25) is 4.90 Å². The lowest BCUT2D eigenvalue weighted by Crippen LogP contribution is -2.62. The third-order valence-electron chi connectivity index (χ3n) is 3.08. The lowest BCUT2D eigenvalue weighted by atomic mass is 9.92. The van der Waals surface area contributed by atoms with E-state index in [9.17, 15) is 26.3 Å². The van der Waals surface area contributed by atoms with Crippen molar-refractivity contribution in [2.75, 3.05) is 33.2 Å². The third kappa shape index (κ3) is 4.64. The maximum Gasteiger partial charge on any atom is 0.401 e. The van der Waals surface area contributed by atoms with Crippen LogP contribution in [0.2, 0.25) is 0 Å². The summed E-state index contributed by atoms with van der Waals surface area (Å²) in [5.74, 6) is 0. The molecule has 0 aromatic rings. The minimum absolute atomic E-state index is 0.0113. The van der Waals surface area contributed by atoms with Crippen LogP contribution in [0.4, 0.5) is 26.3 Å². The van der Waals surface area contributed by atoms with Gasteiger partial charge in [0, 0.05) is 25.2 Å². The van der Waals surface area contributed by atoms with Gasteiger partial charge in [-0.1, -0.05) is 0 Å². The van der Waals surface area contributed by atoms with E-state index >= 15 is 0 Å². The lowest BCUT2D eigenvalue weighted by molar-refractivity contribution is -0.197. The summed E-state index contributed by atoms with van der Waals surface area (Å²) in [6, 6.07) is 0. The zero-order chi connectivity index (χ0) is 14.2. The molecular weight excluding hydrogens is 262 g/mol. The summed E-state index contributed by atoms with van der Waals surface area (Å²) in [6.07, 6.45) is -10.2. The highest BCUT2D eigenvalue weighted by molar-refractivity contribution is 4.95. The van der Waals surface area contributed by atoms with Crippen molar-refractivity contribution in [2.24, 2.45) is 0 Å². The molecule has 2 nitrogen and oxygen atoms in total. The Balaban J connectivity index is 2.85. The molecule has 1 aliphatic rings. The van der Waals surface area contributed by atoms with Crippen LogP contribution in [0.25, 0.3) is 0 Å². The van der Waals surface area contributed by atoms with Gasteiger partial charge in [0.25, 0.3) is 0 Å². The van der Waals surface area contributed by atoms with Crippen molar-refractivity contribution in [3.05, 3.63) is 0 Å². The Hall–Kier alpha value is -0.500. The SMILES string of the molecule is CN1CCN(CC(F)(F)F)C(C)(CC(F)(F)F)C1. The Morgan fingerprint density at radius 3 is 2.00 bits per heavy atom. The molecule has 0 aromatic heterocycles. The largest absolute Gasteiger partial charge is 0.401 e. The molecule has 8 heteroatoms. The van der Waals surface area contributed by atoms with Crippen LogP contribution in [0.1, 0.15) is 13.3 Å². The molecule has 0 spiro atoms. The molecule has 1 atom stereocenters. The van der Waals surface area contributed by atoms with E-state index in [4.69, 9.17) is 0 Å². The van der Waals surface area contributed by atoms with Crippen LogP contribution in [0, 0.1) is 0 Å². The number of nitrogens with zero attached hydrogens (tertiary/aromatic N) is 2. The van der Waals surface area contributed by atoms with Crippen LogP contribution < -0.4 is 0 Å². The van der Waals surface area contributed by atoms with Crippen LogP contribution >= 0.6 is 0 Å². The van der Waals surface area contributed by atoms with Crippen LogP contribution in [0.3, 0.4) is 0 Å². The normalized spacial score (nSPS) is 28.7. The van der Waals surface area contributed by atoms with E-state index in [-0.39, 0.29) is 13.1 Å². The van der Waals surface area contributed by atoms with Gasteiger partial charge in [0.2, 0.25) is 0 Å². The summed E-state index contributed by atoms with van der Waals surface area (Å²) in [7, 11) is 1.61. The summed E-state index contributed by atoms with van der Waals surface area (Å²) in [5.41, 5.74) is -1.53. The number of piperazine rings is 1. The zero-order valence-corrected chi connectivity index (χ0v) is 10.2. The predicted octanol–water partition coefficient (Wildman–Crippen LogP) is 2.51. The van der Waals surface area contributed by atoms with Crippen molar-refractivity contribution < 1.29 is 26.3 Å². The first kappa shape index (κ1) is 15.6. The van der Waals surface area contributed by atoms with Gasteiger partial charge >= 0.3 is 12.4 Å². The predicted molar refractivity (Wildman–Crippen MR) is 54.2 cm³/mol. The fourth-order valence-electron chi connectivity index (χ4n) is 2.41. The van der Waals surface area contributed by atoms with Gasteiger partial charge in [-0.05, 0) is 14.0 Å². The Morgan fingerprint density at radius 2 is 1.56 bits per heavy atom. The van der Waals surface area contributed by atoms with Gasteiger partial charge < -0.3 is 4.90 Å². The summed E-state index contributed by atoms with van der Waals surface area (Å²) < 4.78 is 74.6. The third-order valence-corrected chi connectivity index (χ3v) is 3.08. The Labute approximate surface area is 102 Å². The van der Waals surface area contributed by atoms with Gasteiger partial charge in [0.15, 0.2) is 0 Å². The van der Waals surface area contributed by atoms with Gasteiger partial charge in [-0.15, -0.1) is 0 Å². The van der Waals surface area contributed by atoms with Crippen molar-refractivity contribution >= 4 is 0 Å². The fraction of sp³-hybridized carbons (Fsp3) is 1.00. The van der Waals surface area contributed by atoms with Gasteiger partial charge in [0.05, 0.1) is 13.0 Å². The molecule has 0 N–H and O–H groups in total. The summed E-state index contributed by atoms with van der Waals surface area (Å²) in [6.45, 7) is 0.240. The second kappa shape index (κ2) is 4.88. The summed E-state index contributed by atoms with van der Waals surface area (Å²) >= 11 is 0. The number of alkyl halides is 6. The topological polar surface area (TPSA) is 6.48 Å². The van der Waals surface area contributed by atoms with Crippen molar-refractivity contribution in [1.82, 2.24) is 9.80 Å². The molecule has 1 saturated heterocycles. The Morgan fingerprint density at radius 1 is 1.00 bits per heavy atom. The van der Waals surface area contributed by atoms with Crippen molar-refractivity contribution in [2.45, 2.75) is 31.2 Å². The molecular formula is C10H16F6N2. The molecule has 1 heterocycles. The van der Waals surface area contributed by atoms with Crippen molar-refractivity contribution in [3.8, 4) is 0 Å². The zero-order valence-electron chi connectivity index (χ0n) is 10.2. The average molecular weight is 278 g/mol. The molecule has 18 heavy (non-hydrogen) atoms. The van der Waals surface area contributed by atoms with Gasteiger partial charge in [0.1, 0.15) is 0 Å². The molecule has 108 valence electrons. The first-order valence-electron chi connectivity index (χ1n) is 5.48. The second-order valence-corrected chi connectivity index (χ2v) is 5.06. The first-order valence-corrected chi connectivity index (χ1v) is 5.48. The number of halogens is 6.